The lowest BCUT2D eigenvalue weighted by atomic mass is 9.85. The molecule has 8 heteroatoms. The number of fused-ring (bicyclic) bond motifs is 3. The van der Waals surface area contributed by atoms with Crippen LogP contribution in [0.2, 0.25) is 0 Å². The van der Waals surface area contributed by atoms with Gasteiger partial charge >= 0.3 is 12.1 Å². The van der Waals surface area contributed by atoms with Crippen LogP contribution in [0.4, 0.5) is 4.79 Å². The number of likely N-dealkylation sites (tertiary alicyclic amines) is 1. The number of aliphatic carboxylic acids is 1. The molecule has 0 aromatic heterocycles. The molecule has 0 saturated carbocycles. The number of ether oxygens (including phenoxy) is 1. The highest BCUT2D eigenvalue weighted by molar-refractivity contribution is 5.92. The fourth-order valence-corrected chi connectivity index (χ4v) is 5.95. The number of benzene rings is 3. The minimum absolute atomic E-state index is 0.100. The first-order chi connectivity index (χ1) is 19.4. The summed E-state index contributed by atoms with van der Waals surface area (Å²) in [6.07, 6.45) is 0.0518. The third kappa shape index (κ3) is 5.72. The molecule has 2 amide bonds. The summed E-state index contributed by atoms with van der Waals surface area (Å²) in [4.78, 5) is 42.0. The summed E-state index contributed by atoms with van der Waals surface area (Å²) in [5.74, 6) is -1.57. The molecule has 3 aromatic rings. The Morgan fingerprint density at radius 1 is 0.925 bits per heavy atom. The molecule has 0 unspecified atom stereocenters. The van der Waals surface area contributed by atoms with E-state index >= 15 is 0 Å². The van der Waals surface area contributed by atoms with Gasteiger partial charge in [-0.3, -0.25) is 14.5 Å². The molecule has 40 heavy (non-hydrogen) atoms. The Balaban J connectivity index is 1.30. The summed E-state index contributed by atoms with van der Waals surface area (Å²) >= 11 is 0. The van der Waals surface area contributed by atoms with Crippen molar-refractivity contribution in [3.05, 3.63) is 95.6 Å². The van der Waals surface area contributed by atoms with E-state index in [4.69, 9.17) is 4.74 Å². The SMILES string of the molecule is CCN(CC(=O)O)C(=O)C1(NC(=O)OCC2c3ccccc3-c3ccccc32)CCN(Cc2ccccc2)CC1. The highest BCUT2D eigenvalue weighted by atomic mass is 16.5. The summed E-state index contributed by atoms with van der Waals surface area (Å²) in [5.41, 5.74) is 4.42. The number of hydrogen-bond donors (Lipinski definition) is 2. The van der Waals surface area contributed by atoms with E-state index < -0.39 is 24.1 Å². The molecule has 0 radical (unpaired) electrons. The minimum Gasteiger partial charge on any atom is -0.480 e. The summed E-state index contributed by atoms with van der Waals surface area (Å²) in [7, 11) is 0. The van der Waals surface area contributed by atoms with Crippen LogP contribution in [0.1, 0.15) is 42.4 Å². The number of nitrogens with one attached hydrogen (secondary N) is 1. The van der Waals surface area contributed by atoms with E-state index in [0.717, 1.165) is 28.8 Å². The quantitative estimate of drug-likeness (QED) is 0.414. The van der Waals surface area contributed by atoms with Crippen LogP contribution in [-0.2, 0) is 20.9 Å². The number of nitrogens with zero attached hydrogens (tertiary/aromatic N) is 2. The normalized spacial score (nSPS) is 16.0. The molecular formula is C32H35N3O5. The van der Waals surface area contributed by atoms with Gasteiger partial charge in [-0.15, -0.1) is 0 Å². The van der Waals surface area contributed by atoms with Gasteiger partial charge in [0, 0.05) is 32.1 Å². The number of piperidine rings is 1. The van der Waals surface area contributed by atoms with Gasteiger partial charge in [0.25, 0.3) is 0 Å². The fourth-order valence-electron chi connectivity index (χ4n) is 5.95. The number of carboxylic acids is 1. The van der Waals surface area contributed by atoms with Gasteiger partial charge < -0.3 is 20.1 Å². The van der Waals surface area contributed by atoms with Gasteiger partial charge in [-0.25, -0.2) is 4.79 Å². The predicted octanol–water partition coefficient (Wildman–Crippen LogP) is 4.49. The Morgan fingerprint density at radius 3 is 2.08 bits per heavy atom. The number of rotatable bonds is 9. The highest BCUT2D eigenvalue weighted by Gasteiger charge is 2.45. The third-order valence-electron chi connectivity index (χ3n) is 8.05. The average molecular weight is 542 g/mol. The summed E-state index contributed by atoms with van der Waals surface area (Å²) in [6, 6.07) is 26.3. The van der Waals surface area contributed by atoms with Crippen LogP contribution in [0.25, 0.3) is 11.1 Å². The maximum Gasteiger partial charge on any atom is 0.408 e. The molecule has 2 aliphatic rings. The Kier molecular flexibility index (Phi) is 8.16. The van der Waals surface area contributed by atoms with E-state index in [1.54, 1.807) is 6.92 Å². The van der Waals surface area contributed by atoms with E-state index in [1.807, 2.05) is 42.5 Å². The smallest absolute Gasteiger partial charge is 0.408 e. The number of hydrogen-bond acceptors (Lipinski definition) is 5. The first kappa shape index (κ1) is 27.4. The van der Waals surface area contributed by atoms with Crippen LogP contribution >= 0.6 is 0 Å². The van der Waals surface area contributed by atoms with Gasteiger partial charge in [0.05, 0.1) is 0 Å². The molecule has 3 aromatic carbocycles. The summed E-state index contributed by atoms with van der Waals surface area (Å²) in [5, 5.41) is 12.3. The van der Waals surface area contributed by atoms with Gasteiger partial charge in [-0.1, -0.05) is 78.9 Å². The van der Waals surface area contributed by atoms with Crippen molar-refractivity contribution in [2.45, 2.75) is 37.8 Å². The second-order valence-corrected chi connectivity index (χ2v) is 10.5. The Hall–Kier alpha value is -4.17. The molecule has 5 rings (SSSR count). The molecule has 0 bridgehead atoms. The maximum atomic E-state index is 13.7. The molecule has 8 nitrogen and oxygen atoms in total. The van der Waals surface area contributed by atoms with Crippen molar-refractivity contribution in [2.75, 3.05) is 32.8 Å². The maximum absolute atomic E-state index is 13.7. The van der Waals surface area contributed by atoms with Gasteiger partial charge in [0.2, 0.25) is 5.91 Å². The Labute approximate surface area is 234 Å². The molecule has 1 saturated heterocycles. The Morgan fingerprint density at radius 2 is 1.50 bits per heavy atom. The molecule has 1 aliphatic carbocycles. The molecule has 0 spiro atoms. The zero-order valence-corrected chi connectivity index (χ0v) is 22.7. The fraction of sp³-hybridized carbons (Fsp3) is 0.344. The van der Waals surface area contributed by atoms with Crippen LogP contribution in [0, 0.1) is 0 Å². The second-order valence-electron chi connectivity index (χ2n) is 10.5. The lowest BCUT2D eigenvalue weighted by Gasteiger charge is -2.43. The van der Waals surface area contributed by atoms with Crippen LogP contribution in [0.5, 0.6) is 0 Å². The topological polar surface area (TPSA) is 99.2 Å². The molecule has 1 aliphatic heterocycles. The van der Waals surface area contributed by atoms with E-state index in [9.17, 15) is 19.5 Å². The van der Waals surface area contributed by atoms with Crippen molar-refractivity contribution in [2.24, 2.45) is 0 Å². The monoisotopic (exact) mass is 541 g/mol. The van der Waals surface area contributed by atoms with Crippen LogP contribution in [-0.4, -0.2) is 71.2 Å². The molecule has 1 heterocycles. The van der Waals surface area contributed by atoms with Crippen molar-refractivity contribution in [1.82, 2.24) is 15.1 Å². The van der Waals surface area contributed by atoms with E-state index in [0.29, 0.717) is 25.9 Å². The van der Waals surface area contributed by atoms with Crippen LogP contribution in [0.3, 0.4) is 0 Å². The van der Waals surface area contributed by atoms with E-state index in [1.165, 1.54) is 10.5 Å². The number of carbonyl (C=O) groups is 3. The van der Waals surface area contributed by atoms with Crippen molar-refractivity contribution < 1.29 is 24.2 Å². The predicted molar refractivity (Wildman–Crippen MR) is 152 cm³/mol. The number of carboxylic acid groups (broad SMARTS) is 1. The van der Waals surface area contributed by atoms with Gasteiger partial charge in [-0.05, 0) is 47.6 Å². The van der Waals surface area contributed by atoms with Gasteiger partial charge in [0.1, 0.15) is 18.7 Å². The molecular weight excluding hydrogens is 506 g/mol. The van der Waals surface area contributed by atoms with E-state index in [-0.39, 0.29) is 25.0 Å². The highest BCUT2D eigenvalue weighted by Crippen LogP contribution is 2.44. The molecule has 2 N–H and O–H groups in total. The van der Waals surface area contributed by atoms with Crippen molar-refractivity contribution in [3.8, 4) is 11.1 Å². The van der Waals surface area contributed by atoms with Crippen molar-refractivity contribution in [1.29, 1.82) is 0 Å². The molecule has 1 fully saturated rings. The largest absolute Gasteiger partial charge is 0.480 e. The first-order valence-electron chi connectivity index (χ1n) is 13.8. The Bertz CT molecular complexity index is 1320. The first-order valence-corrected chi connectivity index (χ1v) is 13.8. The summed E-state index contributed by atoms with van der Waals surface area (Å²) < 4.78 is 5.78. The zero-order chi connectivity index (χ0) is 28.1. The number of likely N-dealkylation sites (N-methyl/N-ethyl adjacent to an activating group) is 1. The van der Waals surface area contributed by atoms with E-state index in [2.05, 4.69) is 46.6 Å². The standard InChI is InChI=1S/C32H35N3O5/c1-2-35(21-29(36)37)30(38)32(16-18-34(19-17-32)20-23-10-4-3-5-11-23)33-31(39)40-22-28-26-14-8-6-12-24(26)25-13-7-9-15-27(25)28/h3-15,28H,2,16-22H2,1H3,(H,33,39)(H,36,37). The van der Waals surface area contributed by atoms with Crippen molar-refractivity contribution in [3.63, 3.8) is 0 Å². The van der Waals surface area contributed by atoms with Gasteiger partial charge in [0.15, 0.2) is 0 Å². The third-order valence-corrected chi connectivity index (χ3v) is 8.05. The molecule has 0 atom stereocenters. The lowest BCUT2D eigenvalue weighted by molar-refractivity contribution is -0.148. The number of carbonyl (C=O) groups excluding carboxylic acids is 2. The zero-order valence-electron chi connectivity index (χ0n) is 22.7. The van der Waals surface area contributed by atoms with Crippen LogP contribution in [0.15, 0.2) is 78.9 Å². The van der Waals surface area contributed by atoms with Gasteiger partial charge in [-0.2, -0.15) is 0 Å². The second kappa shape index (κ2) is 11.9. The average Bonchev–Trinajstić information content (AvgIpc) is 3.29. The molecule has 208 valence electrons. The lowest BCUT2D eigenvalue weighted by Crippen LogP contribution is -2.64. The number of amides is 2. The van der Waals surface area contributed by atoms with Crippen LogP contribution < -0.4 is 5.32 Å². The minimum atomic E-state index is -1.23. The summed E-state index contributed by atoms with van der Waals surface area (Å²) in [6.45, 7) is 3.58. The van der Waals surface area contributed by atoms with Crippen molar-refractivity contribution >= 4 is 18.0 Å². The number of alkyl carbamates (subject to hydrolysis) is 1.